The first-order valence-electron chi connectivity index (χ1n) is 8.63. The van der Waals surface area contributed by atoms with Gasteiger partial charge in [0.15, 0.2) is 16.0 Å². The highest BCUT2D eigenvalue weighted by Gasteiger charge is 2.17. The minimum Gasteiger partial charge on any atom is -0.497 e. The van der Waals surface area contributed by atoms with Crippen LogP contribution in [0.2, 0.25) is 0 Å². The number of rotatable bonds is 8. The summed E-state index contributed by atoms with van der Waals surface area (Å²) in [5.74, 6) is 1.96. The van der Waals surface area contributed by atoms with Crippen LogP contribution in [0.5, 0.6) is 5.75 Å². The molecule has 0 bridgehead atoms. The molecule has 3 aromatic heterocycles. The second kappa shape index (κ2) is 8.50. The smallest absolute Gasteiger partial charge is 0.236 e. The maximum Gasteiger partial charge on any atom is 0.236 e. The number of anilines is 1. The van der Waals surface area contributed by atoms with Gasteiger partial charge in [0.25, 0.3) is 0 Å². The number of hydrogen-bond donors (Lipinski definition) is 1. The fourth-order valence-corrected chi connectivity index (χ4v) is 4.31. The van der Waals surface area contributed by atoms with E-state index in [1.54, 1.807) is 25.5 Å². The number of thiazole rings is 1. The van der Waals surface area contributed by atoms with Crippen molar-refractivity contribution in [2.45, 2.75) is 11.7 Å². The first kappa shape index (κ1) is 19.2. The lowest BCUT2D eigenvalue weighted by atomic mass is 10.3. The third-order valence-electron chi connectivity index (χ3n) is 3.94. The number of allylic oxidation sites excluding steroid dienone is 1. The van der Waals surface area contributed by atoms with E-state index in [1.165, 1.54) is 23.1 Å². The van der Waals surface area contributed by atoms with Gasteiger partial charge in [-0.1, -0.05) is 29.2 Å². The molecular weight excluding hydrogens is 410 g/mol. The SMILES string of the molecule is C=CCn1c(SCC(=O)Nc2nc3ccc(OC)cc3s2)nnc1-c1ccco1. The van der Waals surface area contributed by atoms with Crippen molar-refractivity contribution in [1.29, 1.82) is 0 Å². The molecule has 0 unspecified atom stereocenters. The van der Waals surface area contributed by atoms with Crippen LogP contribution in [-0.4, -0.2) is 38.5 Å². The molecule has 148 valence electrons. The van der Waals surface area contributed by atoms with Gasteiger partial charge in [0.05, 0.1) is 29.3 Å². The zero-order valence-electron chi connectivity index (χ0n) is 15.5. The van der Waals surface area contributed by atoms with E-state index in [0.717, 1.165) is 16.0 Å². The Kier molecular flexibility index (Phi) is 5.63. The van der Waals surface area contributed by atoms with E-state index in [9.17, 15) is 4.79 Å². The maximum atomic E-state index is 12.4. The Hall–Kier alpha value is -3.11. The van der Waals surface area contributed by atoms with Gasteiger partial charge in [-0.3, -0.25) is 9.36 Å². The molecule has 0 saturated carbocycles. The third-order valence-corrected chi connectivity index (χ3v) is 5.84. The summed E-state index contributed by atoms with van der Waals surface area (Å²) in [5.41, 5.74) is 0.813. The predicted molar refractivity (Wildman–Crippen MR) is 113 cm³/mol. The van der Waals surface area contributed by atoms with Gasteiger partial charge >= 0.3 is 0 Å². The summed E-state index contributed by atoms with van der Waals surface area (Å²) in [5, 5.41) is 12.4. The number of benzene rings is 1. The average Bonchev–Trinajstić information content (AvgIpc) is 3.45. The number of thioether (sulfide) groups is 1. The Morgan fingerprint density at radius 1 is 1.41 bits per heavy atom. The summed E-state index contributed by atoms with van der Waals surface area (Å²) < 4.78 is 13.4. The first-order valence-corrected chi connectivity index (χ1v) is 10.4. The molecule has 0 atom stereocenters. The van der Waals surface area contributed by atoms with Crippen LogP contribution in [0.1, 0.15) is 0 Å². The van der Waals surface area contributed by atoms with Crippen LogP contribution in [0.4, 0.5) is 5.13 Å². The van der Waals surface area contributed by atoms with E-state index in [-0.39, 0.29) is 11.7 Å². The van der Waals surface area contributed by atoms with Gasteiger partial charge in [0.2, 0.25) is 11.7 Å². The summed E-state index contributed by atoms with van der Waals surface area (Å²) in [6.07, 6.45) is 3.32. The summed E-state index contributed by atoms with van der Waals surface area (Å²) in [7, 11) is 1.62. The lowest BCUT2D eigenvalue weighted by Gasteiger charge is -2.06. The Morgan fingerprint density at radius 2 is 2.31 bits per heavy atom. The Morgan fingerprint density at radius 3 is 3.07 bits per heavy atom. The van der Waals surface area contributed by atoms with Crippen LogP contribution in [-0.2, 0) is 11.3 Å². The van der Waals surface area contributed by atoms with Crippen molar-refractivity contribution in [3.05, 3.63) is 49.2 Å². The number of ether oxygens (including phenoxy) is 1. The number of fused-ring (bicyclic) bond motifs is 1. The number of carbonyl (C=O) groups excluding carboxylic acids is 1. The molecule has 0 spiro atoms. The van der Waals surface area contributed by atoms with Crippen LogP contribution >= 0.6 is 23.1 Å². The molecule has 0 saturated heterocycles. The van der Waals surface area contributed by atoms with Crippen LogP contribution < -0.4 is 10.1 Å². The van der Waals surface area contributed by atoms with Gasteiger partial charge < -0.3 is 14.5 Å². The fraction of sp³-hybridized carbons (Fsp3) is 0.158. The minimum atomic E-state index is -0.172. The molecule has 0 aliphatic rings. The van der Waals surface area contributed by atoms with E-state index < -0.39 is 0 Å². The number of hydrogen-bond acceptors (Lipinski definition) is 8. The van der Waals surface area contributed by atoms with Crippen molar-refractivity contribution in [2.24, 2.45) is 0 Å². The van der Waals surface area contributed by atoms with Crippen LogP contribution in [0, 0.1) is 0 Å². The summed E-state index contributed by atoms with van der Waals surface area (Å²) in [6.45, 7) is 4.28. The number of aromatic nitrogens is 4. The van der Waals surface area contributed by atoms with Crippen molar-refractivity contribution in [1.82, 2.24) is 19.7 Å². The van der Waals surface area contributed by atoms with Gasteiger partial charge in [-0.25, -0.2) is 4.98 Å². The third kappa shape index (κ3) is 4.17. The largest absolute Gasteiger partial charge is 0.497 e. The van der Waals surface area contributed by atoms with Gasteiger partial charge in [-0.15, -0.1) is 16.8 Å². The van der Waals surface area contributed by atoms with Gasteiger partial charge in [-0.2, -0.15) is 0 Å². The number of methoxy groups -OCH3 is 1. The molecule has 10 heteroatoms. The molecule has 1 amide bonds. The van der Waals surface area contributed by atoms with Crippen molar-refractivity contribution in [3.63, 3.8) is 0 Å². The topological polar surface area (TPSA) is 95.1 Å². The molecule has 3 heterocycles. The Balaban J connectivity index is 1.44. The van der Waals surface area contributed by atoms with E-state index >= 15 is 0 Å². The Bertz CT molecular complexity index is 1150. The average molecular weight is 428 g/mol. The van der Waals surface area contributed by atoms with E-state index in [4.69, 9.17) is 9.15 Å². The zero-order chi connectivity index (χ0) is 20.2. The lowest BCUT2D eigenvalue weighted by molar-refractivity contribution is -0.113. The standard InChI is InChI=1S/C19H17N5O3S2/c1-3-8-24-17(14-5-4-9-27-14)22-23-19(24)28-11-16(25)21-18-20-13-7-6-12(26-2)10-15(13)29-18/h3-7,9-10H,1,8,11H2,2H3,(H,20,21,25). The fourth-order valence-electron chi connectivity index (χ4n) is 2.65. The Labute approximate surface area is 174 Å². The molecular formula is C19H17N5O3S2. The number of carbonyl (C=O) groups is 1. The summed E-state index contributed by atoms with van der Waals surface area (Å²) >= 11 is 2.69. The molecule has 8 nitrogen and oxygen atoms in total. The van der Waals surface area contributed by atoms with E-state index in [2.05, 4.69) is 27.1 Å². The molecule has 0 aliphatic carbocycles. The molecule has 4 aromatic rings. The van der Waals surface area contributed by atoms with Crippen LogP contribution in [0.3, 0.4) is 0 Å². The number of nitrogens with one attached hydrogen (secondary N) is 1. The van der Waals surface area contributed by atoms with E-state index in [0.29, 0.717) is 28.4 Å². The van der Waals surface area contributed by atoms with Gasteiger partial charge in [0, 0.05) is 6.54 Å². The lowest BCUT2D eigenvalue weighted by Crippen LogP contribution is -2.14. The van der Waals surface area contributed by atoms with Crippen LogP contribution in [0.25, 0.3) is 21.8 Å². The second-order valence-electron chi connectivity index (χ2n) is 5.87. The molecule has 0 radical (unpaired) electrons. The monoisotopic (exact) mass is 427 g/mol. The van der Waals surface area contributed by atoms with Crippen LogP contribution in [0.15, 0.2) is 58.8 Å². The summed E-state index contributed by atoms with van der Waals surface area (Å²) in [4.78, 5) is 16.8. The van der Waals surface area contributed by atoms with E-state index in [1.807, 2.05) is 28.8 Å². The minimum absolute atomic E-state index is 0.172. The molecule has 29 heavy (non-hydrogen) atoms. The van der Waals surface area contributed by atoms with Gasteiger partial charge in [-0.05, 0) is 30.3 Å². The second-order valence-corrected chi connectivity index (χ2v) is 7.85. The van der Waals surface area contributed by atoms with Crippen molar-refractivity contribution >= 4 is 44.4 Å². The molecule has 1 N–H and O–H groups in total. The molecule has 4 rings (SSSR count). The maximum absolute atomic E-state index is 12.4. The first-order chi connectivity index (χ1) is 14.2. The highest BCUT2D eigenvalue weighted by atomic mass is 32.2. The van der Waals surface area contributed by atoms with Gasteiger partial charge in [0.1, 0.15) is 5.75 Å². The molecule has 1 aromatic carbocycles. The highest BCUT2D eigenvalue weighted by Crippen LogP contribution is 2.29. The highest BCUT2D eigenvalue weighted by molar-refractivity contribution is 7.99. The molecule has 0 fully saturated rings. The van der Waals surface area contributed by atoms with Crippen molar-refractivity contribution in [2.75, 3.05) is 18.2 Å². The normalized spacial score (nSPS) is 10.9. The summed E-state index contributed by atoms with van der Waals surface area (Å²) in [6, 6.07) is 9.20. The predicted octanol–water partition coefficient (Wildman–Crippen LogP) is 4.07. The molecule has 0 aliphatic heterocycles. The number of furan rings is 1. The van der Waals surface area contributed by atoms with Crippen molar-refractivity contribution < 1.29 is 13.9 Å². The van der Waals surface area contributed by atoms with Crippen molar-refractivity contribution in [3.8, 4) is 17.3 Å². The zero-order valence-corrected chi connectivity index (χ0v) is 17.1. The number of nitrogens with zero attached hydrogens (tertiary/aromatic N) is 4. The number of amides is 1. The quantitative estimate of drug-likeness (QED) is 0.334.